The van der Waals surface area contributed by atoms with E-state index in [1.165, 1.54) is 0 Å². The first-order valence-electron chi connectivity index (χ1n) is 8.31. The molecule has 5 nitrogen and oxygen atoms in total. The number of benzene rings is 2. The molecule has 3 rings (SSSR count). The van der Waals surface area contributed by atoms with E-state index in [1.807, 2.05) is 60.2 Å². The fourth-order valence-electron chi connectivity index (χ4n) is 2.58. The van der Waals surface area contributed by atoms with Crippen LogP contribution in [0.3, 0.4) is 0 Å². The van der Waals surface area contributed by atoms with Crippen molar-refractivity contribution in [2.75, 3.05) is 18.2 Å². The number of rotatable bonds is 7. The zero-order chi connectivity index (χ0) is 18.4. The first-order valence-corrected chi connectivity index (χ1v) is 9.30. The SMILES string of the molecule is COc1ccc(SCCC(=O)Nc2ccc(-n3ccnc3)c(C)c2)cc1. The molecule has 0 saturated heterocycles. The van der Waals surface area contributed by atoms with Crippen molar-refractivity contribution in [2.45, 2.75) is 18.2 Å². The molecular weight excluding hydrogens is 346 g/mol. The van der Waals surface area contributed by atoms with Gasteiger partial charge in [-0.3, -0.25) is 4.79 Å². The summed E-state index contributed by atoms with van der Waals surface area (Å²) in [6.45, 7) is 2.02. The van der Waals surface area contributed by atoms with E-state index in [2.05, 4.69) is 10.3 Å². The molecule has 1 aromatic heterocycles. The molecule has 0 saturated carbocycles. The van der Waals surface area contributed by atoms with Crippen molar-refractivity contribution in [1.82, 2.24) is 9.55 Å². The average molecular weight is 367 g/mol. The number of carbonyl (C=O) groups excluding carboxylic acids is 1. The highest BCUT2D eigenvalue weighted by Gasteiger charge is 2.06. The summed E-state index contributed by atoms with van der Waals surface area (Å²) in [5.41, 5.74) is 2.94. The summed E-state index contributed by atoms with van der Waals surface area (Å²) in [5, 5.41) is 2.96. The second kappa shape index (κ2) is 8.58. The summed E-state index contributed by atoms with van der Waals surface area (Å²) < 4.78 is 7.09. The third-order valence-electron chi connectivity index (χ3n) is 3.92. The van der Waals surface area contributed by atoms with E-state index < -0.39 is 0 Å². The van der Waals surface area contributed by atoms with Crippen molar-refractivity contribution in [3.8, 4) is 11.4 Å². The number of nitrogens with one attached hydrogen (secondary N) is 1. The van der Waals surface area contributed by atoms with Crippen LogP contribution in [0.4, 0.5) is 5.69 Å². The normalized spacial score (nSPS) is 10.5. The van der Waals surface area contributed by atoms with Crippen LogP contribution in [0.1, 0.15) is 12.0 Å². The lowest BCUT2D eigenvalue weighted by Gasteiger charge is -2.10. The van der Waals surface area contributed by atoms with Crippen molar-refractivity contribution in [2.24, 2.45) is 0 Å². The van der Waals surface area contributed by atoms with Gasteiger partial charge in [-0.15, -0.1) is 11.8 Å². The number of nitrogens with zero attached hydrogens (tertiary/aromatic N) is 2. The first kappa shape index (κ1) is 18.1. The van der Waals surface area contributed by atoms with Gasteiger partial charge in [-0.05, 0) is 55.0 Å². The van der Waals surface area contributed by atoms with Crippen LogP contribution in [0.25, 0.3) is 5.69 Å². The van der Waals surface area contributed by atoms with Gasteiger partial charge in [-0.1, -0.05) is 0 Å². The molecule has 6 heteroatoms. The highest BCUT2D eigenvalue weighted by molar-refractivity contribution is 7.99. The lowest BCUT2D eigenvalue weighted by Crippen LogP contribution is -2.12. The minimum atomic E-state index is 0.0146. The molecule has 2 aromatic carbocycles. The molecule has 0 radical (unpaired) electrons. The highest BCUT2D eigenvalue weighted by atomic mass is 32.2. The summed E-state index contributed by atoms with van der Waals surface area (Å²) in [6, 6.07) is 13.7. The largest absolute Gasteiger partial charge is 0.497 e. The Morgan fingerprint density at radius 1 is 1.23 bits per heavy atom. The Morgan fingerprint density at radius 2 is 2.04 bits per heavy atom. The van der Waals surface area contributed by atoms with Gasteiger partial charge in [-0.25, -0.2) is 4.98 Å². The number of hydrogen-bond donors (Lipinski definition) is 1. The third-order valence-corrected chi connectivity index (χ3v) is 4.93. The quantitative estimate of drug-likeness (QED) is 0.632. The molecule has 0 aliphatic heterocycles. The van der Waals surface area contributed by atoms with Crippen LogP contribution in [0.15, 0.2) is 66.1 Å². The molecule has 1 heterocycles. The number of carbonyl (C=O) groups is 1. The number of methoxy groups -OCH3 is 1. The monoisotopic (exact) mass is 367 g/mol. The van der Waals surface area contributed by atoms with Crippen molar-refractivity contribution >= 4 is 23.4 Å². The summed E-state index contributed by atoms with van der Waals surface area (Å²) in [7, 11) is 1.65. The van der Waals surface area contributed by atoms with Crippen molar-refractivity contribution in [3.63, 3.8) is 0 Å². The Bertz CT molecular complexity index is 861. The minimum absolute atomic E-state index is 0.0146. The maximum absolute atomic E-state index is 12.2. The lowest BCUT2D eigenvalue weighted by atomic mass is 10.1. The molecule has 26 heavy (non-hydrogen) atoms. The number of imidazole rings is 1. The van der Waals surface area contributed by atoms with Gasteiger partial charge in [-0.2, -0.15) is 0 Å². The Balaban J connectivity index is 1.50. The van der Waals surface area contributed by atoms with Crippen molar-refractivity contribution in [3.05, 3.63) is 66.7 Å². The van der Waals surface area contributed by atoms with E-state index in [9.17, 15) is 4.79 Å². The van der Waals surface area contributed by atoms with Gasteiger partial charge in [0.1, 0.15) is 5.75 Å². The average Bonchev–Trinajstić information content (AvgIpc) is 3.17. The fraction of sp³-hybridized carbons (Fsp3) is 0.200. The molecule has 134 valence electrons. The van der Waals surface area contributed by atoms with Crippen LogP contribution in [0.2, 0.25) is 0 Å². The van der Waals surface area contributed by atoms with Crippen LogP contribution >= 0.6 is 11.8 Å². The molecule has 0 aliphatic carbocycles. The number of ether oxygens (including phenoxy) is 1. The predicted molar refractivity (Wildman–Crippen MR) is 105 cm³/mol. The number of aryl methyl sites for hydroxylation is 1. The second-order valence-corrected chi connectivity index (χ2v) is 6.96. The molecule has 0 unspecified atom stereocenters. The predicted octanol–water partition coefficient (Wildman–Crippen LogP) is 4.31. The zero-order valence-electron chi connectivity index (χ0n) is 14.8. The molecule has 0 aliphatic rings. The third kappa shape index (κ3) is 4.67. The minimum Gasteiger partial charge on any atom is -0.497 e. The van der Waals surface area contributed by atoms with E-state index in [-0.39, 0.29) is 5.91 Å². The van der Waals surface area contributed by atoms with Crippen molar-refractivity contribution < 1.29 is 9.53 Å². The Kier molecular flexibility index (Phi) is 5.96. The van der Waals surface area contributed by atoms with E-state index >= 15 is 0 Å². The number of thioether (sulfide) groups is 1. The van der Waals surface area contributed by atoms with Crippen LogP contribution in [-0.4, -0.2) is 28.3 Å². The van der Waals surface area contributed by atoms with Gasteiger partial charge in [0.25, 0.3) is 0 Å². The summed E-state index contributed by atoms with van der Waals surface area (Å²) in [6.07, 6.45) is 5.86. The molecule has 1 N–H and O–H groups in total. The van der Waals surface area contributed by atoms with E-state index in [0.29, 0.717) is 6.42 Å². The Labute approximate surface area is 157 Å². The molecule has 1 amide bonds. The lowest BCUT2D eigenvalue weighted by molar-refractivity contribution is -0.115. The molecule has 0 bridgehead atoms. The highest BCUT2D eigenvalue weighted by Crippen LogP contribution is 2.22. The maximum Gasteiger partial charge on any atom is 0.225 e. The Morgan fingerprint density at radius 3 is 2.69 bits per heavy atom. The molecule has 3 aromatic rings. The summed E-state index contributed by atoms with van der Waals surface area (Å²) >= 11 is 1.66. The zero-order valence-corrected chi connectivity index (χ0v) is 15.6. The molecule has 0 spiro atoms. The van der Waals surface area contributed by atoms with E-state index in [1.54, 1.807) is 31.4 Å². The van der Waals surface area contributed by atoms with Gasteiger partial charge in [0.05, 0.1) is 13.4 Å². The fourth-order valence-corrected chi connectivity index (χ4v) is 3.43. The van der Waals surface area contributed by atoms with Gasteiger partial charge in [0.15, 0.2) is 0 Å². The first-order chi connectivity index (χ1) is 12.7. The summed E-state index contributed by atoms with van der Waals surface area (Å²) in [4.78, 5) is 17.4. The van der Waals surface area contributed by atoms with Gasteiger partial charge in [0.2, 0.25) is 5.91 Å². The van der Waals surface area contributed by atoms with Crippen LogP contribution in [0.5, 0.6) is 5.75 Å². The van der Waals surface area contributed by atoms with Crippen molar-refractivity contribution in [1.29, 1.82) is 0 Å². The number of anilines is 1. The maximum atomic E-state index is 12.2. The number of amides is 1. The van der Waals surface area contributed by atoms with E-state index in [4.69, 9.17) is 4.74 Å². The molecule has 0 atom stereocenters. The van der Waals surface area contributed by atoms with Gasteiger partial charge < -0.3 is 14.6 Å². The van der Waals surface area contributed by atoms with Crippen LogP contribution in [-0.2, 0) is 4.79 Å². The summed E-state index contributed by atoms with van der Waals surface area (Å²) in [5.74, 6) is 1.58. The van der Waals surface area contributed by atoms with Gasteiger partial charge >= 0.3 is 0 Å². The topological polar surface area (TPSA) is 56.1 Å². The molecular formula is C20H21N3O2S. The van der Waals surface area contributed by atoms with Gasteiger partial charge in [0, 0.05) is 40.8 Å². The molecule has 0 fully saturated rings. The number of aromatic nitrogens is 2. The smallest absolute Gasteiger partial charge is 0.225 e. The number of hydrogen-bond acceptors (Lipinski definition) is 4. The van der Waals surface area contributed by atoms with Crippen LogP contribution in [0, 0.1) is 6.92 Å². The Hall–Kier alpha value is -2.73. The van der Waals surface area contributed by atoms with E-state index in [0.717, 1.165) is 33.3 Å². The standard InChI is InChI=1S/C20H21N3O2S/c1-15-13-16(3-8-19(15)23-11-10-21-14-23)22-20(24)9-12-26-18-6-4-17(25-2)5-7-18/h3-8,10-11,13-14H,9,12H2,1-2H3,(H,22,24). The second-order valence-electron chi connectivity index (χ2n) is 5.79. The van der Waals surface area contributed by atoms with Crippen LogP contribution < -0.4 is 10.1 Å².